The Hall–Kier alpha value is -1.09. The van der Waals surface area contributed by atoms with Gasteiger partial charge in [-0.1, -0.05) is 6.92 Å². The van der Waals surface area contributed by atoms with Gasteiger partial charge in [-0.3, -0.25) is 4.79 Å². The van der Waals surface area contributed by atoms with Gasteiger partial charge < -0.3 is 9.47 Å². The SMILES string of the molecule is COC1=CCC[C@@]2(C)C[C@H]3O[C@@]12C=CC3=O. The van der Waals surface area contributed by atoms with Crippen LogP contribution in [0.3, 0.4) is 0 Å². The van der Waals surface area contributed by atoms with Crippen LogP contribution in [-0.4, -0.2) is 24.6 Å². The maximum atomic E-state index is 11.7. The molecule has 86 valence electrons. The number of allylic oxidation sites excluding steroid dienone is 1. The van der Waals surface area contributed by atoms with Gasteiger partial charge in [-0.05, 0) is 37.5 Å². The van der Waals surface area contributed by atoms with Crippen molar-refractivity contribution in [3.8, 4) is 0 Å². The molecule has 0 aromatic carbocycles. The van der Waals surface area contributed by atoms with Gasteiger partial charge in [0.2, 0.25) is 0 Å². The molecule has 2 aliphatic heterocycles. The third-order valence-corrected chi connectivity index (χ3v) is 4.27. The standard InChI is InChI=1S/C13H16O3/c1-12-6-3-4-11(15-2)13(12)7-5-9(14)10(8-12)16-13/h4-5,7,10H,3,6,8H2,1-2H3/t10-,12+,13+/m1/s1. The molecule has 0 N–H and O–H groups in total. The lowest BCUT2D eigenvalue weighted by molar-refractivity contribution is -0.132. The second-order valence-corrected chi connectivity index (χ2v) is 5.15. The summed E-state index contributed by atoms with van der Waals surface area (Å²) < 4.78 is 11.4. The zero-order valence-electron chi connectivity index (χ0n) is 9.66. The second-order valence-electron chi connectivity index (χ2n) is 5.15. The Bertz CT molecular complexity index is 409. The van der Waals surface area contributed by atoms with Crippen molar-refractivity contribution in [2.45, 2.75) is 37.9 Å². The van der Waals surface area contributed by atoms with E-state index in [-0.39, 0.29) is 17.3 Å². The van der Waals surface area contributed by atoms with Crippen molar-refractivity contribution in [2.24, 2.45) is 5.41 Å². The van der Waals surface area contributed by atoms with Crippen LogP contribution in [0.5, 0.6) is 0 Å². The number of methoxy groups -OCH3 is 1. The normalized spacial score (nSPS) is 45.2. The lowest BCUT2D eigenvalue weighted by atomic mass is 9.66. The Balaban J connectivity index is 2.15. The van der Waals surface area contributed by atoms with Crippen LogP contribution in [0, 0.1) is 5.41 Å². The highest BCUT2D eigenvalue weighted by Crippen LogP contribution is 2.58. The zero-order valence-corrected chi connectivity index (χ0v) is 9.66. The van der Waals surface area contributed by atoms with E-state index in [9.17, 15) is 4.79 Å². The van der Waals surface area contributed by atoms with Gasteiger partial charge in [0.15, 0.2) is 5.78 Å². The van der Waals surface area contributed by atoms with Crippen LogP contribution in [0.1, 0.15) is 26.2 Å². The van der Waals surface area contributed by atoms with E-state index >= 15 is 0 Å². The quantitative estimate of drug-likeness (QED) is 0.678. The maximum absolute atomic E-state index is 11.7. The molecule has 2 heterocycles. The summed E-state index contributed by atoms with van der Waals surface area (Å²) in [6, 6.07) is 0. The average Bonchev–Trinajstić information content (AvgIpc) is 2.53. The molecule has 1 spiro atoms. The summed E-state index contributed by atoms with van der Waals surface area (Å²) in [5, 5.41) is 0. The van der Waals surface area contributed by atoms with Crippen molar-refractivity contribution in [3.63, 3.8) is 0 Å². The topological polar surface area (TPSA) is 35.5 Å². The molecule has 3 nitrogen and oxygen atoms in total. The van der Waals surface area contributed by atoms with Crippen LogP contribution in [0.2, 0.25) is 0 Å². The number of rotatable bonds is 1. The molecule has 0 amide bonds. The number of ether oxygens (including phenoxy) is 2. The highest BCUT2D eigenvalue weighted by Gasteiger charge is 2.62. The smallest absolute Gasteiger partial charge is 0.184 e. The molecule has 0 unspecified atom stereocenters. The second kappa shape index (κ2) is 2.98. The predicted octanol–water partition coefficient (Wildman–Crippen LogP) is 1.98. The summed E-state index contributed by atoms with van der Waals surface area (Å²) in [7, 11) is 1.67. The van der Waals surface area contributed by atoms with Gasteiger partial charge in [-0.2, -0.15) is 0 Å². The van der Waals surface area contributed by atoms with E-state index in [4.69, 9.17) is 9.47 Å². The Labute approximate surface area is 95.1 Å². The van der Waals surface area contributed by atoms with E-state index in [1.807, 2.05) is 6.08 Å². The van der Waals surface area contributed by atoms with Gasteiger partial charge in [0.05, 0.1) is 7.11 Å². The molecule has 0 aromatic heterocycles. The number of hydrogen-bond donors (Lipinski definition) is 0. The summed E-state index contributed by atoms with van der Waals surface area (Å²) >= 11 is 0. The Morgan fingerprint density at radius 3 is 3.12 bits per heavy atom. The van der Waals surface area contributed by atoms with Gasteiger partial charge in [-0.25, -0.2) is 0 Å². The first-order chi connectivity index (χ1) is 7.61. The van der Waals surface area contributed by atoms with Gasteiger partial charge in [0.25, 0.3) is 0 Å². The first-order valence-electron chi connectivity index (χ1n) is 5.77. The fourth-order valence-electron chi connectivity index (χ4n) is 3.31. The van der Waals surface area contributed by atoms with Crippen molar-refractivity contribution < 1.29 is 14.3 Å². The third kappa shape index (κ3) is 0.995. The minimum absolute atomic E-state index is 0.000417. The van der Waals surface area contributed by atoms with E-state index in [2.05, 4.69) is 13.0 Å². The summed E-state index contributed by atoms with van der Waals surface area (Å²) in [5.41, 5.74) is -0.487. The molecule has 2 bridgehead atoms. The molecule has 16 heavy (non-hydrogen) atoms. The number of hydrogen-bond acceptors (Lipinski definition) is 3. The van der Waals surface area contributed by atoms with Crippen LogP contribution in [0.25, 0.3) is 0 Å². The van der Waals surface area contributed by atoms with Crippen molar-refractivity contribution >= 4 is 5.78 Å². The molecule has 0 saturated carbocycles. The lowest BCUT2D eigenvalue weighted by Gasteiger charge is -2.44. The molecule has 1 fully saturated rings. The number of carbonyl (C=O) groups is 1. The van der Waals surface area contributed by atoms with Gasteiger partial charge in [0, 0.05) is 5.41 Å². The molecule has 1 saturated heterocycles. The first-order valence-corrected chi connectivity index (χ1v) is 5.77. The molecule has 3 aliphatic rings. The van der Waals surface area contributed by atoms with Crippen LogP contribution >= 0.6 is 0 Å². The van der Waals surface area contributed by atoms with Gasteiger partial charge in [0.1, 0.15) is 17.5 Å². The van der Waals surface area contributed by atoms with Crippen molar-refractivity contribution in [2.75, 3.05) is 7.11 Å². The van der Waals surface area contributed by atoms with E-state index in [0.717, 1.165) is 25.0 Å². The summed E-state index contributed by atoms with van der Waals surface area (Å²) in [6.45, 7) is 2.20. The van der Waals surface area contributed by atoms with Crippen LogP contribution in [-0.2, 0) is 14.3 Å². The van der Waals surface area contributed by atoms with E-state index in [0.29, 0.717) is 0 Å². The number of ketones is 1. The van der Waals surface area contributed by atoms with Crippen molar-refractivity contribution in [1.82, 2.24) is 0 Å². The Morgan fingerprint density at radius 2 is 2.38 bits per heavy atom. The van der Waals surface area contributed by atoms with Crippen LogP contribution in [0.15, 0.2) is 24.0 Å². The highest BCUT2D eigenvalue weighted by atomic mass is 16.6. The monoisotopic (exact) mass is 220 g/mol. The minimum Gasteiger partial charge on any atom is -0.498 e. The molecule has 3 heteroatoms. The molecule has 1 aliphatic carbocycles. The van der Waals surface area contributed by atoms with E-state index in [1.54, 1.807) is 13.2 Å². The Kier molecular flexibility index (Phi) is 1.88. The van der Waals surface area contributed by atoms with E-state index in [1.165, 1.54) is 0 Å². The van der Waals surface area contributed by atoms with Crippen LogP contribution in [0.4, 0.5) is 0 Å². The Morgan fingerprint density at radius 1 is 1.56 bits per heavy atom. The molecule has 0 aromatic rings. The zero-order chi connectivity index (χ0) is 11.4. The third-order valence-electron chi connectivity index (χ3n) is 4.27. The first kappa shape index (κ1) is 10.1. The van der Waals surface area contributed by atoms with Crippen molar-refractivity contribution in [1.29, 1.82) is 0 Å². The number of fused-ring (bicyclic) bond motifs is 1. The molecule has 3 atom stereocenters. The molecular weight excluding hydrogens is 204 g/mol. The highest BCUT2D eigenvalue weighted by molar-refractivity contribution is 5.95. The predicted molar refractivity (Wildman–Crippen MR) is 58.8 cm³/mol. The fraction of sp³-hybridized carbons (Fsp3) is 0.615. The van der Waals surface area contributed by atoms with Crippen LogP contribution < -0.4 is 0 Å². The molecule has 3 rings (SSSR count). The molecule has 0 radical (unpaired) electrons. The minimum atomic E-state index is -0.488. The number of carbonyl (C=O) groups excluding carboxylic acids is 1. The van der Waals surface area contributed by atoms with E-state index < -0.39 is 5.60 Å². The largest absolute Gasteiger partial charge is 0.498 e. The van der Waals surface area contributed by atoms with Crippen molar-refractivity contribution in [3.05, 3.63) is 24.0 Å². The maximum Gasteiger partial charge on any atom is 0.184 e. The fourth-order valence-corrected chi connectivity index (χ4v) is 3.31. The molecular formula is C13H16O3. The summed E-state index contributed by atoms with van der Waals surface area (Å²) in [5.74, 6) is 0.962. The summed E-state index contributed by atoms with van der Waals surface area (Å²) in [4.78, 5) is 11.7. The van der Waals surface area contributed by atoms with Gasteiger partial charge >= 0.3 is 0 Å². The lowest BCUT2D eigenvalue weighted by Crippen LogP contribution is -2.47. The average molecular weight is 220 g/mol. The summed E-state index contributed by atoms with van der Waals surface area (Å²) in [6.07, 6.45) is 8.23. The van der Waals surface area contributed by atoms with Gasteiger partial charge in [-0.15, -0.1) is 0 Å².